The van der Waals surface area contributed by atoms with Crippen molar-refractivity contribution >= 4 is 192 Å². The number of alkyl halides is 9. The SMILES string of the molecule is CC(Br)C(=O)O.CC(C)(C)C(=O)O.CC(C)(C)CC(=O)O.CC(C)(CCl)C(=O)O.CC(C)C(=O)O.CC(C)CC(=O)O.CC(Cl)(Cl)C(=O)O.CC(Cl)C(=O)O.CCC(C)(C)C(=O)O.CCC(CC)C(=O)O.CCCC(C)C(=O)O.CCCC(CCC)C(=O)O.CCCCC(C)C(=O)O.CCCCC(CC)C(=O)O.CCOCC(=O)O.COCCC(=O)O.COCCOCC(=O)O.O=C(O)C(F)(F)F.O=C(O)CCBr. The molecule has 864 valence electrons. The molecule has 0 amide bonds. The van der Waals surface area contributed by atoms with Crippen molar-refractivity contribution in [2.75, 3.05) is 65.1 Å². The smallest absolute Gasteiger partial charge is 0.481 e. The van der Waals surface area contributed by atoms with E-state index in [1.54, 1.807) is 90.0 Å². The van der Waals surface area contributed by atoms with E-state index in [1.165, 1.54) is 28.1 Å². The van der Waals surface area contributed by atoms with Gasteiger partial charge in [-0.15, -0.1) is 23.2 Å². The molecule has 0 aromatic rings. The van der Waals surface area contributed by atoms with E-state index in [9.17, 15) is 99.5 Å². The van der Waals surface area contributed by atoms with Gasteiger partial charge in [-0.2, -0.15) is 13.2 Å². The summed E-state index contributed by atoms with van der Waals surface area (Å²) in [5, 5.41) is 154. The predicted octanol–water partition coefficient (Wildman–Crippen LogP) is 21.1. The topological polar surface area (TPSA) is 746 Å². The fraction of sp³-hybridized carbons (Fsp3) is 0.796. The molecule has 0 bridgehead atoms. The van der Waals surface area contributed by atoms with Gasteiger partial charge in [-0.3, -0.25) is 71.9 Å². The van der Waals surface area contributed by atoms with Gasteiger partial charge < -0.3 is 116 Å². The summed E-state index contributed by atoms with van der Waals surface area (Å²) in [4.78, 5) is 187. The Morgan fingerprint density at radius 3 is 0.771 bits per heavy atom. The summed E-state index contributed by atoms with van der Waals surface area (Å²) in [6.07, 6.45) is 9.86. The number of carboxylic acid groups (broad SMARTS) is 19. The number of methoxy groups -OCH3 is 2. The van der Waals surface area contributed by atoms with Gasteiger partial charge in [0.1, 0.15) is 23.4 Å². The zero-order valence-electron chi connectivity index (χ0n) is 89.8. The maximum atomic E-state index is 10.6. The van der Waals surface area contributed by atoms with Crippen LogP contribution in [0.4, 0.5) is 13.2 Å². The Morgan fingerprint density at radius 2 is 0.667 bits per heavy atom. The Hall–Kier alpha value is -8.32. The standard InChI is InChI=1S/2C8H16O2.C7H14O2.4C6H12O2.C5H9ClO2.C5H10O4.2C5H10O2.2C4H8O3.C4H8O2.2C3H5BrO2.C3H4Cl2O2.C3H5ClO2.C2HF3O2/c1-3-5-6-7(4-2)8(9)10;1-3-5-7(6-4-2)8(9)10;1-3-4-5-6(2)7(8)9;1-6(2,3)4-5(7)8;1-4-6(2,3)5(7)8;1-3-4-5(2)6(7)8;1-3-5(4-2)6(7)8;1-5(2,3-6)4(7)8;1-8-2-3-9-4-5(6)7;1-5(2,3)4(6)7;1-4(2)3-5(6)7;1-7-3-2-4(5)6;1-2-7-3-4(5)6;1-3(2)4(5)6;1-2(4)3(5)6;4-2-1-3(5)6;1-3(4,5)2(6)7;1-2(4)3(5)6;3-2(4,5)1(6)7/h2*7H,3-6H2,1-2H3,(H,9,10);6H,3-5H2,1-2H3,(H,8,9);2*4H2,1-3H3,(H,7,8);2*5H,3-4H2,1-2H3,(H,7,8);3H2,1-2H3,(H,7,8);2-4H2,1H3,(H,6,7);1-3H3,(H,6,7);4H,3H2,1-2H3,(H,6,7);2*2-3H2,1H3,(H,5,6);3H,1-2H3,(H,5,6);2H,1H3,(H,5,6);1-2H2,(H,5,6);1H3,(H,6,7);2H,1H3,(H,5,6);(H,6,7). The molecular weight excluding hydrogens is 2150 g/mol. The maximum Gasteiger partial charge on any atom is 0.490 e. The Kier molecular flexibility index (Phi) is 146. The lowest BCUT2D eigenvalue weighted by molar-refractivity contribution is -0.192. The van der Waals surface area contributed by atoms with Crippen LogP contribution < -0.4 is 0 Å². The van der Waals surface area contributed by atoms with Crippen LogP contribution in [0.2, 0.25) is 0 Å². The van der Waals surface area contributed by atoms with Crippen LogP contribution in [0, 0.1) is 63.1 Å². The molecule has 42 nitrogen and oxygen atoms in total. The highest BCUT2D eigenvalue weighted by Gasteiger charge is 2.38. The molecule has 51 heteroatoms. The second-order valence-electron chi connectivity index (χ2n) is 33.8. The van der Waals surface area contributed by atoms with Gasteiger partial charge in [0.15, 0.2) is 0 Å². The third-order valence-electron chi connectivity index (χ3n) is 15.3. The molecular formula is C93H177Br2Cl4F3O42. The molecule has 0 saturated carbocycles. The van der Waals surface area contributed by atoms with Crippen LogP contribution in [-0.2, 0) is 110 Å². The fourth-order valence-electron chi connectivity index (χ4n) is 5.64. The average molecular weight is 2330 g/mol. The summed E-state index contributed by atoms with van der Waals surface area (Å²) >= 11 is 26.2. The summed E-state index contributed by atoms with van der Waals surface area (Å²) < 4.78 is 48.3. The van der Waals surface area contributed by atoms with Gasteiger partial charge in [0.25, 0.3) is 0 Å². The molecule has 5 unspecified atom stereocenters. The van der Waals surface area contributed by atoms with E-state index in [0.717, 1.165) is 96.3 Å². The van der Waals surface area contributed by atoms with Gasteiger partial charge >= 0.3 is 120 Å². The lowest BCUT2D eigenvalue weighted by Gasteiger charge is -2.14. The Balaban J connectivity index is -0.0000000675. The number of ether oxygens (including phenoxy) is 4. The van der Waals surface area contributed by atoms with E-state index < -0.39 is 150 Å². The molecule has 0 radical (unpaired) electrons. The molecule has 0 aliphatic heterocycles. The van der Waals surface area contributed by atoms with Crippen molar-refractivity contribution in [1.82, 2.24) is 0 Å². The first-order valence-electron chi connectivity index (χ1n) is 45.2. The van der Waals surface area contributed by atoms with Gasteiger partial charge in [-0.05, 0) is 145 Å². The van der Waals surface area contributed by atoms with Crippen LogP contribution in [0.5, 0.6) is 0 Å². The van der Waals surface area contributed by atoms with Crippen molar-refractivity contribution in [1.29, 1.82) is 0 Å². The molecule has 0 aromatic carbocycles. The summed E-state index contributed by atoms with van der Waals surface area (Å²) in [5.74, 6) is -17.5. The quantitative estimate of drug-likeness (QED) is 0.0199. The van der Waals surface area contributed by atoms with Crippen LogP contribution in [-0.4, -0.2) is 296 Å². The number of aliphatic carboxylic acids is 19. The van der Waals surface area contributed by atoms with Gasteiger partial charge in [0, 0.05) is 38.5 Å². The summed E-state index contributed by atoms with van der Waals surface area (Å²) in [6.45, 7) is 52.6. The lowest BCUT2D eigenvalue weighted by atomic mass is 9.91. The van der Waals surface area contributed by atoms with Crippen molar-refractivity contribution < 1.29 is 220 Å². The zero-order valence-corrected chi connectivity index (χ0v) is 96.0. The second-order valence-corrected chi connectivity index (χ2v) is 38.6. The molecule has 0 aliphatic carbocycles. The predicted molar refractivity (Wildman–Crippen MR) is 549 cm³/mol. The average Bonchev–Trinajstić information content (AvgIpc) is 0.919. The fourth-order valence-corrected chi connectivity index (χ4v) is 6.10. The molecule has 0 saturated heterocycles. The van der Waals surface area contributed by atoms with Gasteiger partial charge in [-0.1, -0.05) is 225 Å². The first kappa shape index (κ1) is 181. The third-order valence-corrected chi connectivity index (χ3v) is 17.2. The van der Waals surface area contributed by atoms with E-state index >= 15 is 0 Å². The third kappa shape index (κ3) is 199. The molecule has 0 spiro atoms. The zero-order chi connectivity index (χ0) is 120. The number of unbranched alkanes of at least 4 members (excludes halogenated alkanes) is 2. The van der Waals surface area contributed by atoms with Crippen LogP contribution in [0.25, 0.3) is 0 Å². The number of hydrogen-bond donors (Lipinski definition) is 19. The highest BCUT2D eigenvalue weighted by molar-refractivity contribution is 9.10. The van der Waals surface area contributed by atoms with Crippen LogP contribution in [0.3, 0.4) is 0 Å². The maximum absolute atomic E-state index is 10.6. The molecule has 0 aromatic heterocycles. The monoisotopic (exact) mass is 2320 g/mol. The normalized spacial score (nSPS) is 11.0. The minimum Gasteiger partial charge on any atom is -0.481 e. The van der Waals surface area contributed by atoms with E-state index in [4.69, 9.17) is 148 Å². The second kappa shape index (κ2) is 117. The largest absolute Gasteiger partial charge is 0.490 e. The van der Waals surface area contributed by atoms with Gasteiger partial charge in [-0.25, -0.2) is 19.2 Å². The number of halogens is 9. The number of carboxylic acids is 19. The highest BCUT2D eigenvalue weighted by atomic mass is 79.9. The van der Waals surface area contributed by atoms with Crippen LogP contribution >= 0.6 is 78.3 Å². The van der Waals surface area contributed by atoms with E-state index in [-0.39, 0.29) is 91.6 Å². The Labute approximate surface area is 884 Å². The van der Waals surface area contributed by atoms with Crippen molar-refractivity contribution in [3.8, 4) is 0 Å². The molecule has 0 heterocycles. The van der Waals surface area contributed by atoms with Gasteiger partial charge in [0.05, 0.1) is 90.8 Å². The van der Waals surface area contributed by atoms with Gasteiger partial charge in [0.2, 0.25) is 4.33 Å². The van der Waals surface area contributed by atoms with Crippen molar-refractivity contribution in [2.45, 2.75) is 350 Å². The molecule has 5 atom stereocenters. The summed E-state index contributed by atoms with van der Waals surface area (Å²) in [6, 6.07) is 0. The minimum atomic E-state index is -5.08. The molecule has 144 heavy (non-hydrogen) atoms. The Bertz CT molecular complexity index is 3120. The van der Waals surface area contributed by atoms with E-state index in [1.807, 2.05) is 83.1 Å². The highest BCUT2D eigenvalue weighted by Crippen LogP contribution is 2.22. The molecule has 0 rings (SSSR count). The number of hydrogen-bond acceptors (Lipinski definition) is 23. The Morgan fingerprint density at radius 1 is 0.361 bits per heavy atom. The van der Waals surface area contributed by atoms with Crippen LogP contribution in [0.15, 0.2) is 0 Å². The molecule has 19 N–H and O–H groups in total. The van der Waals surface area contributed by atoms with Crippen molar-refractivity contribution in [3.63, 3.8) is 0 Å². The lowest BCUT2D eigenvalue weighted by Crippen LogP contribution is -2.24. The minimum absolute atomic E-state index is 0.0775. The first-order chi connectivity index (χ1) is 64.9. The molecule has 0 aliphatic rings. The van der Waals surface area contributed by atoms with Crippen molar-refractivity contribution in [3.05, 3.63) is 0 Å². The van der Waals surface area contributed by atoms with Crippen molar-refractivity contribution in [2.24, 2.45) is 63.1 Å². The number of carbonyl (C=O) groups is 19. The summed E-state index contributed by atoms with van der Waals surface area (Å²) in [5.41, 5.74) is -1.98. The van der Waals surface area contributed by atoms with E-state index in [2.05, 4.69) is 64.7 Å². The first-order valence-corrected chi connectivity index (χ1v) is 49.0. The molecule has 0 fully saturated rings. The van der Waals surface area contributed by atoms with Crippen LogP contribution in [0.1, 0.15) is 329 Å². The van der Waals surface area contributed by atoms with E-state index in [0.29, 0.717) is 38.2 Å². The summed E-state index contributed by atoms with van der Waals surface area (Å²) in [7, 11) is 3.01. The number of rotatable bonds is 44.